The summed E-state index contributed by atoms with van der Waals surface area (Å²) < 4.78 is 6.01. The molecular weight excluding hydrogens is 514 g/mol. The van der Waals surface area contributed by atoms with E-state index in [4.69, 9.17) is 10.2 Å². The number of amides is 2. The lowest BCUT2D eigenvalue weighted by Gasteiger charge is -2.24. The van der Waals surface area contributed by atoms with Crippen molar-refractivity contribution in [3.8, 4) is 11.6 Å². The Morgan fingerprint density at radius 1 is 1.21 bits per heavy atom. The summed E-state index contributed by atoms with van der Waals surface area (Å²) in [5.41, 5.74) is 8.30. The topological polar surface area (TPSA) is 131 Å². The van der Waals surface area contributed by atoms with Gasteiger partial charge in [0.2, 0.25) is 11.8 Å². The summed E-state index contributed by atoms with van der Waals surface area (Å²) >= 11 is 1.57. The van der Waals surface area contributed by atoms with Gasteiger partial charge in [-0.2, -0.15) is 0 Å². The number of likely N-dealkylation sites (tertiary alicyclic amines) is 1. The van der Waals surface area contributed by atoms with E-state index in [1.165, 1.54) is 11.8 Å². The molecule has 1 aliphatic rings. The van der Waals surface area contributed by atoms with E-state index in [2.05, 4.69) is 20.2 Å². The fraction of sp³-hybridized carbons (Fsp3) is 0.357. The van der Waals surface area contributed by atoms with E-state index in [0.717, 1.165) is 29.1 Å². The molecule has 202 valence electrons. The van der Waals surface area contributed by atoms with Crippen LogP contribution in [0.2, 0.25) is 0 Å². The third-order valence-corrected chi connectivity index (χ3v) is 7.92. The SMILES string of the molecule is CC(=O)N(C)c1cc(C(=O)N2CCC[C@@H]2c2nc(C)cs2)cc(-c2nnc([C@@](C)(N)Cc3ccccc3)o2)n1. The van der Waals surface area contributed by atoms with Crippen molar-refractivity contribution in [3.63, 3.8) is 0 Å². The second kappa shape index (κ2) is 10.7. The molecule has 0 unspecified atom stereocenters. The molecule has 1 saturated heterocycles. The highest BCUT2D eigenvalue weighted by Crippen LogP contribution is 2.36. The molecule has 4 heterocycles. The van der Waals surface area contributed by atoms with Crippen molar-refractivity contribution in [1.29, 1.82) is 0 Å². The Hall–Kier alpha value is -3.96. The summed E-state index contributed by atoms with van der Waals surface area (Å²) in [6.45, 7) is 5.83. The summed E-state index contributed by atoms with van der Waals surface area (Å²) in [6, 6.07) is 13.0. The van der Waals surface area contributed by atoms with Crippen LogP contribution in [-0.4, -0.2) is 50.5 Å². The number of carbonyl (C=O) groups excluding carboxylic acids is 2. The Bertz CT molecular complexity index is 1500. The van der Waals surface area contributed by atoms with Gasteiger partial charge in [0.25, 0.3) is 11.8 Å². The van der Waals surface area contributed by atoms with E-state index >= 15 is 0 Å². The number of aromatic nitrogens is 4. The molecule has 2 amide bonds. The van der Waals surface area contributed by atoms with Crippen LogP contribution < -0.4 is 10.6 Å². The Kier molecular flexibility index (Phi) is 7.28. The average Bonchev–Trinajstić information content (AvgIpc) is 3.68. The van der Waals surface area contributed by atoms with Gasteiger partial charge in [0.15, 0.2) is 0 Å². The smallest absolute Gasteiger partial charge is 0.266 e. The average molecular weight is 546 g/mol. The number of thiazole rings is 1. The van der Waals surface area contributed by atoms with Crippen LogP contribution in [0.25, 0.3) is 11.6 Å². The van der Waals surface area contributed by atoms with Gasteiger partial charge >= 0.3 is 0 Å². The first-order chi connectivity index (χ1) is 18.6. The highest BCUT2D eigenvalue weighted by Gasteiger charge is 2.34. The van der Waals surface area contributed by atoms with Gasteiger partial charge in [-0.25, -0.2) is 9.97 Å². The van der Waals surface area contributed by atoms with Crippen LogP contribution in [0.15, 0.2) is 52.3 Å². The lowest BCUT2D eigenvalue weighted by molar-refractivity contribution is -0.116. The molecule has 0 radical (unpaired) electrons. The van der Waals surface area contributed by atoms with Gasteiger partial charge in [0.05, 0.1) is 11.6 Å². The first-order valence-electron chi connectivity index (χ1n) is 12.8. The van der Waals surface area contributed by atoms with Crippen molar-refractivity contribution in [2.24, 2.45) is 5.73 Å². The van der Waals surface area contributed by atoms with Crippen LogP contribution in [0.5, 0.6) is 0 Å². The molecule has 0 bridgehead atoms. The normalized spacial score (nSPS) is 16.7. The van der Waals surface area contributed by atoms with Gasteiger partial charge in [-0.3, -0.25) is 9.59 Å². The predicted octanol–water partition coefficient (Wildman–Crippen LogP) is 4.27. The van der Waals surface area contributed by atoms with E-state index in [0.29, 0.717) is 30.0 Å². The summed E-state index contributed by atoms with van der Waals surface area (Å²) in [7, 11) is 1.61. The van der Waals surface area contributed by atoms with Crippen LogP contribution in [-0.2, 0) is 16.8 Å². The fourth-order valence-electron chi connectivity index (χ4n) is 4.69. The van der Waals surface area contributed by atoms with Crippen LogP contribution in [0.4, 0.5) is 5.82 Å². The molecule has 2 N–H and O–H groups in total. The summed E-state index contributed by atoms with van der Waals surface area (Å²) in [5.74, 6) is 0.290. The van der Waals surface area contributed by atoms with E-state index in [1.54, 1.807) is 30.5 Å². The molecule has 1 aromatic carbocycles. The number of hydrogen-bond donors (Lipinski definition) is 1. The number of rotatable bonds is 7. The number of pyridine rings is 1. The largest absolute Gasteiger partial charge is 0.417 e. The van der Waals surface area contributed by atoms with E-state index in [9.17, 15) is 9.59 Å². The van der Waals surface area contributed by atoms with Crippen molar-refractivity contribution < 1.29 is 14.0 Å². The Morgan fingerprint density at radius 2 is 1.97 bits per heavy atom. The van der Waals surface area contributed by atoms with Crippen molar-refractivity contribution in [3.05, 3.63) is 75.6 Å². The van der Waals surface area contributed by atoms with Gasteiger partial charge < -0.3 is 20.0 Å². The molecule has 4 aromatic rings. The number of carbonyl (C=O) groups is 2. The molecule has 0 spiro atoms. The van der Waals surface area contributed by atoms with Gasteiger partial charge in [0.1, 0.15) is 16.5 Å². The maximum atomic E-state index is 13.8. The number of nitrogens with zero attached hydrogens (tertiary/aromatic N) is 6. The molecule has 11 heteroatoms. The highest BCUT2D eigenvalue weighted by atomic mass is 32.1. The van der Waals surface area contributed by atoms with Crippen LogP contribution in [0.1, 0.15) is 65.2 Å². The van der Waals surface area contributed by atoms with E-state index in [-0.39, 0.29) is 29.6 Å². The molecule has 0 saturated carbocycles. The highest BCUT2D eigenvalue weighted by molar-refractivity contribution is 7.09. The van der Waals surface area contributed by atoms with Crippen molar-refractivity contribution in [2.45, 2.75) is 51.6 Å². The zero-order chi connectivity index (χ0) is 27.7. The van der Waals surface area contributed by atoms with Crippen molar-refractivity contribution in [1.82, 2.24) is 25.1 Å². The van der Waals surface area contributed by atoms with Crippen LogP contribution >= 0.6 is 11.3 Å². The third kappa shape index (κ3) is 5.59. The fourth-order valence-corrected chi connectivity index (χ4v) is 5.64. The first-order valence-corrected chi connectivity index (χ1v) is 13.7. The number of aryl methyl sites for hydroxylation is 1. The number of anilines is 1. The molecule has 2 atom stereocenters. The standard InChI is InChI=1S/C28H31N7O3S/c1-17-16-39-25(30-17)22-11-8-12-35(22)26(37)20-13-21(31-23(14-20)34(4)18(2)36)24-32-33-27(38-24)28(3,29)15-19-9-6-5-7-10-19/h5-7,9-10,13-14,16,22H,8,11-12,15,29H2,1-4H3/t22-,28+/m1/s1. The molecule has 1 fully saturated rings. The zero-order valence-electron chi connectivity index (χ0n) is 22.4. The predicted molar refractivity (Wildman–Crippen MR) is 148 cm³/mol. The van der Waals surface area contributed by atoms with Gasteiger partial charge in [-0.15, -0.1) is 21.5 Å². The molecule has 3 aromatic heterocycles. The maximum absolute atomic E-state index is 13.8. The second-order valence-electron chi connectivity index (χ2n) is 10.2. The van der Waals surface area contributed by atoms with Crippen LogP contribution in [0.3, 0.4) is 0 Å². The maximum Gasteiger partial charge on any atom is 0.266 e. The third-order valence-electron chi connectivity index (χ3n) is 6.86. The molecule has 5 rings (SSSR count). The van der Waals surface area contributed by atoms with Crippen molar-refractivity contribution in [2.75, 3.05) is 18.5 Å². The summed E-state index contributed by atoms with van der Waals surface area (Å²) in [6.07, 6.45) is 2.23. The number of hydrogen-bond acceptors (Lipinski definition) is 9. The van der Waals surface area contributed by atoms with Crippen LogP contribution in [0, 0.1) is 6.92 Å². The minimum absolute atomic E-state index is 0.0901. The molecule has 0 aliphatic carbocycles. The van der Waals surface area contributed by atoms with E-state index in [1.807, 2.05) is 54.5 Å². The van der Waals surface area contributed by atoms with Gasteiger partial charge in [-0.1, -0.05) is 30.3 Å². The number of benzene rings is 1. The monoisotopic (exact) mass is 545 g/mol. The van der Waals surface area contributed by atoms with E-state index < -0.39 is 5.54 Å². The minimum atomic E-state index is -0.923. The van der Waals surface area contributed by atoms with Gasteiger partial charge in [-0.05, 0) is 50.8 Å². The number of nitrogens with two attached hydrogens (primary N) is 1. The quantitative estimate of drug-likeness (QED) is 0.364. The molecule has 39 heavy (non-hydrogen) atoms. The molecule has 10 nitrogen and oxygen atoms in total. The Balaban J connectivity index is 1.49. The summed E-state index contributed by atoms with van der Waals surface area (Å²) in [4.78, 5) is 38.4. The van der Waals surface area contributed by atoms with Crippen molar-refractivity contribution >= 4 is 29.0 Å². The lowest BCUT2D eigenvalue weighted by Crippen LogP contribution is -2.35. The first kappa shape index (κ1) is 26.6. The molecule has 1 aliphatic heterocycles. The lowest BCUT2D eigenvalue weighted by atomic mass is 9.94. The Labute approximate surface area is 230 Å². The second-order valence-corrected chi connectivity index (χ2v) is 11.0. The minimum Gasteiger partial charge on any atom is -0.417 e. The summed E-state index contributed by atoms with van der Waals surface area (Å²) in [5, 5.41) is 11.3. The Morgan fingerprint density at radius 3 is 2.67 bits per heavy atom. The molecular formula is C28H31N7O3S. The van der Waals surface area contributed by atoms with Gasteiger partial charge in [0, 0.05) is 37.2 Å². The zero-order valence-corrected chi connectivity index (χ0v) is 23.2.